The topological polar surface area (TPSA) is 63.1 Å². The zero-order valence-electron chi connectivity index (χ0n) is 6.36. The molecule has 1 aliphatic rings. The number of hydrogen-bond donors (Lipinski definition) is 1. The smallest absolute Gasteiger partial charge is 0.317 e. The number of carboxylic acid groups (broad SMARTS) is 1. The quantitative estimate of drug-likeness (QED) is 0.746. The second-order valence-corrected chi connectivity index (χ2v) is 3.60. The van der Waals surface area contributed by atoms with Crippen molar-refractivity contribution in [1.29, 1.82) is 0 Å². The van der Waals surface area contributed by atoms with Gasteiger partial charge in [-0.15, -0.1) is 0 Å². The largest absolute Gasteiger partial charge is 0.480 e. The minimum Gasteiger partial charge on any atom is -0.480 e. The summed E-state index contributed by atoms with van der Waals surface area (Å²) in [5.41, 5.74) is 0.832. The van der Waals surface area contributed by atoms with Crippen molar-refractivity contribution in [3.05, 3.63) is 11.3 Å². The Kier molecular flexibility index (Phi) is 1.61. The molecule has 0 atom stereocenters. The Morgan fingerprint density at radius 3 is 2.75 bits per heavy atom. The summed E-state index contributed by atoms with van der Waals surface area (Å²) in [4.78, 5) is 14.9. The van der Waals surface area contributed by atoms with Gasteiger partial charge in [-0.3, -0.25) is 4.79 Å². The van der Waals surface area contributed by atoms with Gasteiger partial charge in [0.15, 0.2) is 5.82 Å². The highest BCUT2D eigenvalue weighted by molar-refractivity contribution is 7.03. The zero-order chi connectivity index (χ0) is 8.60. The predicted molar refractivity (Wildman–Crippen MR) is 43.1 cm³/mol. The lowest BCUT2D eigenvalue weighted by molar-refractivity contribution is -0.147. The van der Waals surface area contributed by atoms with Crippen molar-refractivity contribution in [1.82, 2.24) is 9.36 Å². The molecule has 1 aliphatic carbocycles. The summed E-state index contributed by atoms with van der Waals surface area (Å²) in [6.07, 6.45) is 2.32. The summed E-state index contributed by atoms with van der Waals surface area (Å²) in [7, 11) is 0. The molecule has 0 spiro atoms. The van der Waals surface area contributed by atoms with Crippen LogP contribution in [0.25, 0.3) is 0 Å². The van der Waals surface area contributed by atoms with Crippen LogP contribution >= 0.6 is 11.5 Å². The van der Waals surface area contributed by atoms with Crippen LogP contribution in [-0.2, 0) is 10.2 Å². The molecule has 0 saturated heterocycles. The van der Waals surface area contributed by atoms with Gasteiger partial charge >= 0.3 is 5.97 Å². The van der Waals surface area contributed by atoms with Crippen molar-refractivity contribution < 1.29 is 9.90 Å². The predicted octanol–water partition coefficient (Wildman–Crippen LogP) is 1.04. The summed E-state index contributed by atoms with van der Waals surface area (Å²) in [6, 6.07) is 0. The van der Waals surface area contributed by atoms with E-state index in [1.165, 1.54) is 11.5 Å². The average molecular weight is 184 g/mol. The number of aliphatic carboxylic acids is 1. The molecule has 1 fully saturated rings. The number of carbonyl (C=O) groups is 1. The SMILES string of the molecule is O=C(O)C1(c2ncsn2)CCC1. The Labute approximate surface area is 73.4 Å². The Bertz CT molecular complexity index is 292. The molecule has 1 saturated carbocycles. The molecule has 64 valence electrons. The molecule has 5 heteroatoms. The van der Waals surface area contributed by atoms with E-state index in [1.807, 2.05) is 0 Å². The Balaban J connectivity index is 2.35. The van der Waals surface area contributed by atoms with Crippen molar-refractivity contribution in [3.8, 4) is 0 Å². The first kappa shape index (κ1) is 7.67. The van der Waals surface area contributed by atoms with Crippen LogP contribution in [0.1, 0.15) is 25.1 Å². The highest BCUT2D eigenvalue weighted by Gasteiger charge is 2.48. The lowest BCUT2D eigenvalue weighted by atomic mass is 9.68. The van der Waals surface area contributed by atoms with Crippen LogP contribution in [0.15, 0.2) is 5.51 Å². The van der Waals surface area contributed by atoms with Gasteiger partial charge in [0.2, 0.25) is 0 Å². The fraction of sp³-hybridized carbons (Fsp3) is 0.571. The summed E-state index contributed by atoms with van der Waals surface area (Å²) in [5.74, 6) is -0.293. The van der Waals surface area contributed by atoms with Crippen molar-refractivity contribution in [3.63, 3.8) is 0 Å². The number of nitrogens with zero attached hydrogens (tertiary/aromatic N) is 2. The summed E-state index contributed by atoms with van der Waals surface area (Å²) >= 11 is 1.21. The van der Waals surface area contributed by atoms with E-state index in [1.54, 1.807) is 5.51 Å². The molecule has 12 heavy (non-hydrogen) atoms. The van der Waals surface area contributed by atoms with Crippen LogP contribution in [0.5, 0.6) is 0 Å². The summed E-state index contributed by atoms with van der Waals surface area (Å²) < 4.78 is 3.98. The van der Waals surface area contributed by atoms with Crippen molar-refractivity contribution >= 4 is 17.5 Å². The van der Waals surface area contributed by atoms with Crippen molar-refractivity contribution in [2.24, 2.45) is 0 Å². The van der Waals surface area contributed by atoms with Crippen LogP contribution in [-0.4, -0.2) is 20.4 Å². The standard InChI is InChI=1S/C7H8N2O2S/c10-6(11)7(2-1-3-7)5-8-4-12-9-5/h4H,1-3H2,(H,10,11). The fourth-order valence-corrected chi connectivity index (χ4v) is 1.96. The van der Waals surface area contributed by atoms with Gasteiger partial charge in [0.05, 0.1) is 0 Å². The highest BCUT2D eigenvalue weighted by atomic mass is 32.1. The molecule has 0 unspecified atom stereocenters. The normalized spacial score (nSPS) is 20.0. The summed E-state index contributed by atoms with van der Waals surface area (Å²) in [6.45, 7) is 0. The first-order chi connectivity index (χ1) is 5.76. The number of rotatable bonds is 2. The third-order valence-electron chi connectivity index (χ3n) is 2.41. The van der Waals surface area contributed by atoms with E-state index in [0.717, 1.165) is 6.42 Å². The molecular weight excluding hydrogens is 176 g/mol. The molecule has 4 nitrogen and oxygen atoms in total. The Morgan fingerprint density at radius 1 is 1.67 bits per heavy atom. The van der Waals surface area contributed by atoms with Gasteiger partial charge in [-0.2, -0.15) is 4.37 Å². The second kappa shape index (κ2) is 2.52. The molecule has 2 rings (SSSR count). The van der Waals surface area contributed by atoms with E-state index in [9.17, 15) is 4.79 Å². The van der Waals surface area contributed by atoms with Crippen molar-refractivity contribution in [2.45, 2.75) is 24.7 Å². The van der Waals surface area contributed by atoms with Crippen LogP contribution in [0.4, 0.5) is 0 Å². The zero-order valence-corrected chi connectivity index (χ0v) is 7.17. The molecule has 0 aliphatic heterocycles. The van der Waals surface area contributed by atoms with Gasteiger partial charge in [-0.1, -0.05) is 6.42 Å². The van der Waals surface area contributed by atoms with Crippen molar-refractivity contribution in [2.75, 3.05) is 0 Å². The fourth-order valence-electron chi connectivity index (χ4n) is 1.44. The van der Waals surface area contributed by atoms with Gasteiger partial charge in [-0.05, 0) is 24.4 Å². The van der Waals surface area contributed by atoms with E-state index < -0.39 is 11.4 Å². The minimum atomic E-state index is -0.785. The molecule has 0 bridgehead atoms. The highest BCUT2D eigenvalue weighted by Crippen LogP contribution is 2.42. The summed E-state index contributed by atoms with van der Waals surface area (Å²) in [5, 5.41) is 8.98. The van der Waals surface area contributed by atoms with E-state index in [2.05, 4.69) is 9.36 Å². The number of aromatic nitrogens is 2. The lowest BCUT2D eigenvalue weighted by Crippen LogP contribution is -2.43. The molecule has 0 radical (unpaired) electrons. The maximum Gasteiger partial charge on any atom is 0.317 e. The molecule has 1 aromatic heterocycles. The Hall–Kier alpha value is -0.970. The van der Waals surface area contributed by atoms with E-state index in [4.69, 9.17) is 5.11 Å². The molecule has 1 N–H and O–H groups in total. The molecule has 1 heterocycles. The molecule has 0 aromatic carbocycles. The van der Waals surface area contributed by atoms with Gasteiger partial charge in [0, 0.05) is 0 Å². The molecular formula is C7H8N2O2S. The first-order valence-electron chi connectivity index (χ1n) is 3.76. The van der Waals surface area contributed by atoms with Crippen LogP contribution in [0.3, 0.4) is 0 Å². The number of carboxylic acids is 1. The molecule has 0 amide bonds. The first-order valence-corrected chi connectivity index (χ1v) is 4.60. The maximum atomic E-state index is 10.9. The van der Waals surface area contributed by atoms with Gasteiger partial charge in [-0.25, -0.2) is 4.98 Å². The minimum absolute atomic E-state index is 0.492. The third-order valence-corrected chi connectivity index (χ3v) is 2.88. The average Bonchev–Trinajstić information content (AvgIpc) is 2.35. The number of hydrogen-bond acceptors (Lipinski definition) is 4. The second-order valence-electron chi connectivity index (χ2n) is 3.00. The Morgan fingerprint density at radius 2 is 2.42 bits per heavy atom. The van der Waals surface area contributed by atoms with Crippen LogP contribution < -0.4 is 0 Å². The van der Waals surface area contributed by atoms with Crippen LogP contribution in [0.2, 0.25) is 0 Å². The third kappa shape index (κ3) is 0.859. The van der Waals surface area contributed by atoms with Crippen LogP contribution in [0, 0.1) is 0 Å². The van der Waals surface area contributed by atoms with Gasteiger partial charge in [0.1, 0.15) is 10.9 Å². The van der Waals surface area contributed by atoms with E-state index in [0.29, 0.717) is 18.7 Å². The van der Waals surface area contributed by atoms with E-state index >= 15 is 0 Å². The molecule has 1 aromatic rings. The van der Waals surface area contributed by atoms with E-state index in [-0.39, 0.29) is 0 Å². The monoisotopic (exact) mass is 184 g/mol. The maximum absolute atomic E-state index is 10.9. The lowest BCUT2D eigenvalue weighted by Gasteiger charge is -2.34. The van der Waals surface area contributed by atoms with Gasteiger partial charge in [0.25, 0.3) is 0 Å². The van der Waals surface area contributed by atoms with Gasteiger partial charge < -0.3 is 5.11 Å².